The van der Waals surface area contributed by atoms with Crippen molar-refractivity contribution >= 4 is 11.9 Å². The van der Waals surface area contributed by atoms with Crippen molar-refractivity contribution in [3.63, 3.8) is 0 Å². The van der Waals surface area contributed by atoms with Crippen molar-refractivity contribution in [1.29, 1.82) is 0 Å². The predicted octanol–water partition coefficient (Wildman–Crippen LogP) is 4.26. The molecule has 132 valence electrons. The number of carbonyl (C=O) groups is 2. The minimum absolute atomic E-state index is 0.0100. The Labute approximate surface area is 148 Å². The zero-order valence-electron chi connectivity index (χ0n) is 15.0. The average Bonchev–Trinajstić information content (AvgIpc) is 2.61. The molecule has 0 aliphatic rings. The monoisotopic (exact) mass is 340 g/mol. The zero-order chi connectivity index (χ0) is 18.3. The summed E-state index contributed by atoms with van der Waals surface area (Å²) in [6.45, 7) is 6.35. The smallest absolute Gasteiger partial charge is 0.311 e. The van der Waals surface area contributed by atoms with Crippen LogP contribution in [0.1, 0.15) is 44.7 Å². The van der Waals surface area contributed by atoms with E-state index in [4.69, 9.17) is 9.47 Å². The number of benzene rings is 2. The molecule has 0 heterocycles. The van der Waals surface area contributed by atoms with Crippen LogP contribution in [0.2, 0.25) is 0 Å². The molecule has 0 aliphatic carbocycles. The third kappa shape index (κ3) is 5.18. The number of hydrogen-bond donors (Lipinski definition) is 0. The quantitative estimate of drug-likeness (QED) is 0.558. The van der Waals surface area contributed by atoms with Crippen LogP contribution < -0.4 is 4.74 Å². The molecule has 0 atom stereocenters. The first-order valence-electron chi connectivity index (χ1n) is 8.46. The summed E-state index contributed by atoms with van der Waals surface area (Å²) < 4.78 is 10.1. The van der Waals surface area contributed by atoms with Gasteiger partial charge >= 0.3 is 11.9 Å². The van der Waals surface area contributed by atoms with E-state index in [1.165, 1.54) is 5.56 Å². The van der Waals surface area contributed by atoms with E-state index in [1.807, 2.05) is 30.3 Å². The maximum Gasteiger partial charge on any atom is 0.311 e. The average molecular weight is 340 g/mol. The molecule has 2 rings (SSSR count). The number of esters is 2. The standard InChI is InChI=1S/C21H24O4/c1-4-24-19(22)14-15-20(23)25-18-12-10-17(11-13-18)21(2,3)16-8-6-5-7-9-16/h5-13H,4,14-15H2,1-3H3. The molecule has 0 saturated carbocycles. The Bertz CT molecular complexity index is 702. The SMILES string of the molecule is CCOC(=O)CCC(=O)Oc1ccc(C(C)(C)c2ccccc2)cc1. The highest BCUT2D eigenvalue weighted by Crippen LogP contribution is 2.32. The molecule has 0 aromatic heterocycles. The third-order valence-electron chi connectivity index (χ3n) is 4.14. The fraction of sp³-hybridized carbons (Fsp3) is 0.333. The van der Waals surface area contributed by atoms with E-state index in [9.17, 15) is 9.59 Å². The van der Waals surface area contributed by atoms with Crippen LogP contribution in [-0.2, 0) is 19.7 Å². The molecule has 0 saturated heterocycles. The van der Waals surface area contributed by atoms with Crippen LogP contribution in [0.4, 0.5) is 0 Å². The topological polar surface area (TPSA) is 52.6 Å². The summed E-state index contributed by atoms with van der Waals surface area (Å²) in [6, 6.07) is 17.7. The highest BCUT2D eigenvalue weighted by atomic mass is 16.5. The highest BCUT2D eigenvalue weighted by Gasteiger charge is 2.22. The lowest BCUT2D eigenvalue weighted by Crippen LogP contribution is -2.18. The van der Waals surface area contributed by atoms with Crippen LogP contribution >= 0.6 is 0 Å². The lowest BCUT2D eigenvalue weighted by molar-refractivity contribution is -0.146. The maximum absolute atomic E-state index is 11.8. The molecule has 0 radical (unpaired) electrons. The van der Waals surface area contributed by atoms with Crippen LogP contribution in [0, 0.1) is 0 Å². The van der Waals surface area contributed by atoms with Crippen molar-refractivity contribution in [2.75, 3.05) is 6.61 Å². The highest BCUT2D eigenvalue weighted by molar-refractivity contribution is 5.79. The second kappa shape index (κ2) is 8.47. The fourth-order valence-electron chi connectivity index (χ4n) is 2.58. The molecule has 0 fully saturated rings. The number of rotatable bonds is 7. The van der Waals surface area contributed by atoms with Gasteiger partial charge in [-0.3, -0.25) is 9.59 Å². The first-order valence-corrected chi connectivity index (χ1v) is 8.46. The Kier molecular flexibility index (Phi) is 6.34. The van der Waals surface area contributed by atoms with Crippen LogP contribution in [0.15, 0.2) is 54.6 Å². The summed E-state index contributed by atoms with van der Waals surface area (Å²) >= 11 is 0. The van der Waals surface area contributed by atoms with Crippen LogP contribution in [0.25, 0.3) is 0 Å². The zero-order valence-corrected chi connectivity index (χ0v) is 15.0. The van der Waals surface area contributed by atoms with Crippen molar-refractivity contribution in [3.8, 4) is 5.75 Å². The van der Waals surface area contributed by atoms with Gasteiger partial charge in [0, 0.05) is 5.41 Å². The van der Waals surface area contributed by atoms with E-state index in [-0.39, 0.29) is 24.2 Å². The van der Waals surface area contributed by atoms with Crippen molar-refractivity contribution < 1.29 is 19.1 Å². The molecule has 0 unspecified atom stereocenters. The molecule has 25 heavy (non-hydrogen) atoms. The van der Waals surface area contributed by atoms with E-state index < -0.39 is 5.97 Å². The maximum atomic E-state index is 11.8. The minimum atomic E-state index is -0.442. The lowest BCUT2D eigenvalue weighted by Gasteiger charge is -2.26. The van der Waals surface area contributed by atoms with Gasteiger partial charge in [0.25, 0.3) is 0 Å². The Hall–Kier alpha value is -2.62. The second-order valence-electron chi connectivity index (χ2n) is 6.29. The first kappa shape index (κ1) is 18.7. The summed E-state index contributed by atoms with van der Waals surface area (Å²) in [7, 11) is 0. The van der Waals surface area contributed by atoms with Crippen molar-refractivity contribution in [2.24, 2.45) is 0 Å². The van der Waals surface area contributed by atoms with E-state index in [0.717, 1.165) is 5.56 Å². The van der Waals surface area contributed by atoms with Gasteiger partial charge in [-0.15, -0.1) is 0 Å². The summed E-state index contributed by atoms with van der Waals surface area (Å²) in [4.78, 5) is 23.1. The molecule has 0 amide bonds. The van der Waals surface area contributed by atoms with Crippen molar-refractivity contribution in [2.45, 2.75) is 39.0 Å². The van der Waals surface area contributed by atoms with E-state index >= 15 is 0 Å². The molecule has 0 aliphatic heterocycles. The van der Waals surface area contributed by atoms with Gasteiger partial charge in [-0.25, -0.2) is 0 Å². The van der Waals surface area contributed by atoms with Gasteiger partial charge in [0.2, 0.25) is 0 Å². The Morgan fingerprint density at radius 2 is 1.40 bits per heavy atom. The fourth-order valence-corrected chi connectivity index (χ4v) is 2.58. The van der Waals surface area contributed by atoms with E-state index in [2.05, 4.69) is 26.0 Å². The number of carbonyl (C=O) groups excluding carboxylic acids is 2. The molecule has 2 aromatic carbocycles. The first-order chi connectivity index (χ1) is 11.9. The summed E-state index contributed by atoms with van der Waals surface area (Å²) in [5.74, 6) is -0.357. The largest absolute Gasteiger partial charge is 0.466 e. The van der Waals surface area contributed by atoms with Crippen molar-refractivity contribution in [1.82, 2.24) is 0 Å². The number of hydrogen-bond acceptors (Lipinski definition) is 4. The Morgan fingerprint density at radius 1 is 0.840 bits per heavy atom. The molecule has 0 bridgehead atoms. The molecule has 4 heteroatoms. The third-order valence-corrected chi connectivity index (χ3v) is 4.14. The van der Waals surface area contributed by atoms with Gasteiger partial charge in [0.05, 0.1) is 19.4 Å². The van der Waals surface area contributed by atoms with Crippen LogP contribution in [0.5, 0.6) is 5.75 Å². The molecule has 0 N–H and O–H groups in total. The summed E-state index contributed by atoms with van der Waals surface area (Å²) in [5.41, 5.74) is 2.20. The molecule has 2 aromatic rings. The number of ether oxygens (including phenoxy) is 2. The lowest BCUT2D eigenvalue weighted by atomic mass is 9.78. The Balaban J connectivity index is 1.98. The van der Waals surface area contributed by atoms with Crippen LogP contribution in [-0.4, -0.2) is 18.5 Å². The van der Waals surface area contributed by atoms with Crippen molar-refractivity contribution in [3.05, 3.63) is 65.7 Å². The van der Waals surface area contributed by atoms with Crippen LogP contribution in [0.3, 0.4) is 0 Å². The molecular formula is C21H24O4. The molecular weight excluding hydrogens is 316 g/mol. The van der Waals surface area contributed by atoms with Gasteiger partial charge in [0.15, 0.2) is 0 Å². The minimum Gasteiger partial charge on any atom is -0.466 e. The van der Waals surface area contributed by atoms with Gasteiger partial charge in [0.1, 0.15) is 5.75 Å². The molecule has 4 nitrogen and oxygen atoms in total. The summed E-state index contributed by atoms with van der Waals surface area (Å²) in [6.07, 6.45) is 0.0435. The normalized spacial score (nSPS) is 11.0. The van der Waals surface area contributed by atoms with Gasteiger partial charge in [-0.1, -0.05) is 56.3 Å². The van der Waals surface area contributed by atoms with E-state index in [0.29, 0.717) is 12.4 Å². The molecule has 0 spiro atoms. The van der Waals surface area contributed by atoms with E-state index in [1.54, 1.807) is 19.1 Å². The van der Waals surface area contributed by atoms with Gasteiger partial charge in [-0.05, 0) is 30.2 Å². The van der Waals surface area contributed by atoms with Gasteiger partial charge < -0.3 is 9.47 Å². The second-order valence-corrected chi connectivity index (χ2v) is 6.29. The van der Waals surface area contributed by atoms with Gasteiger partial charge in [-0.2, -0.15) is 0 Å². The Morgan fingerprint density at radius 3 is 2.00 bits per heavy atom. The summed E-state index contributed by atoms with van der Waals surface area (Å²) in [5, 5.41) is 0. The predicted molar refractivity (Wildman–Crippen MR) is 96.5 cm³/mol.